The maximum Gasteiger partial charge on any atom is 0.274 e. The average molecular weight is 498 g/mol. The third-order valence-electron chi connectivity index (χ3n) is 6.48. The topological polar surface area (TPSA) is 89.3 Å². The van der Waals surface area contributed by atoms with Crippen LogP contribution in [-0.2, 0) is 22.5 Å². The number of ether oxygens (including phenoxy) is 1. The molecule has 1 aliphatic rings. The number of likely N-dealkylation sites (tertiary alicyclic amines) is 1. The number of hydrogen-bond acceptors (Lipinski definition) is 6. The fourth-order valence-corrected chi connectivity index (χ4v) is 4.74. The van der Waals surface area contributed by atoms with E-state index < -0.39 is 0 Å². The summed E-state index contributed by atoms with van der Waals surface area (Å²) in [6.45, 7) is 3.35. The summed E-state index contributed by atoms with van der Waals surface area (Å²) in [6, 6.07) is 9.60. The molecule has 0 saturated carbocycles. The molecule has 3 heterocycles. The van der Waals surface area contributed by atoms with E-state index in [-0.39, 0.29) is 17.5 Å². The number of hydrogen-bond donors (Lipinski definition) is 1. The molecule has 1 atom stereocenters. The van der Waals surface area contributed by atoms with Gasteiger partial charge in [0.25, 0.3) is 5.56 Å². The number of nitrogens with zero attached hydrogens (tertiary/aromatic N) is 4. The lowest BCUT2D eigenvalue weighted by molar-refractivity contribution is -0.121. The molecule has 8 nitrogen and oxygen atoms in total. The van der Waals surface area contributed by atoms with Crippen LogP contribution >= 0.6 is 11.6 Å². The number of aromatic nitrogens is 3. The molecule has 9 heteroatoms. The number of rotatable bonds is 11. The van der Waals surface area contributed by atoms with Gasteiger partial charge in [0.1, 0.15) is 0 Å². The molecule has 0 aliphatic carbocycles. The molecule has 1 aliphatic heterocycles. The van der Waals surface area contributed by atoms with Gasteiger partial charge in [-0.25, -0.2) is 4.68 Å². The van der Waals surface area contributed by atoms with Gasteiger partial charge < -0.3 is 10.1 Å². The van der Waals surface area contributed by atoms with Crippen molar-refractivity contribution < 1.29 is 9.53 Å². The summed E-state index contributed by atoms with van der Waals surface area (Å²) in [5.41, 5.74) is 1.77. The minimum absolute atomic E-state index is 0.0468. The highest BCUT2D eigenvalue weighted by Crippen LogP contribution is 2.21. The number of methoxy groups -OCH3 is 1. The van der Waals surface area contributed by atoms with Gasteiger partial charge in [-0.15, -0.1) is 0 Å². The average Bonchev–Trinajstić information content (AvgIpc) is 3.31. The monoisotopic (exact) mass is 497 g/mol. The Balaban J connectivity index is 1.48. The summed E-state index contributed by atoms with van der Waals surface area (Å²) in [6.07, 6.45) is 7.21. The Bertz CT molecular complexity index is 1200. The van der Waals surface area contributed by atoms with Crippen LogP contribution in [0.5, 0.6) is 0 Å². The first-order valence-electron chi connectivity index (χ1n) is 12.1. The van der Waals surface area contributed by atoms with Crippen molar-refractivity contribution in [2.24, 2.45) is 0 Å². The standard InChI is InChI=1S/C26H32ClN5O3/c1-35-15-3-11-29-25(33)10-14-31-13-2-4-21(31)18-32-26(34)22-9-12-28-17-23(22)24(30-32)16-19-5-7-20(27)8-6-19/h5-9,12,17,21H,2-4,10-11,13-16,18H2,1H3,(H,29,33)/t21-/m1/s1. The van der Waals surface area contributed by atoms with Crippen LogP contribution < -0.4 is 10.9 Å². The lowest BCUT2D eigenvalue weighted by atomic mass is 10.1. The van der Waals surface area contributed by atoms with Gasteiger partial charge in [0, 0.05) is 68.5 Å². The third kappa shape index (κ3) is 6.66. The van der Waals surface area contributed by atoms with Crippen molar-refractivity contribution in [3.8, 4) is 0 Å². The lowest BCUT2D eigenvalue weighted by Gasteiger charge is -2.24. The molecule has 2 aromatic heterocycles. The normalized spacial score (nSPS) is 16.1. The zero-order valence-corrected chi connectivity index (χ0v) is 20.8. The number of pyridine rings is 1. The van der Waals surface area contributed by atoms with Gasteiger partial charge in [0.05, 0.1) is 17.6 Å². The van der Waals surface area contributed by atoms with Crippen LogP contribution in [0.2, 0.25) is 5.02 Å². The smallest absolute Gasteiger partial charge is 0.274 e. The van der Waals surface area contributed by atoms with E-state index in [2.05, 4.69) is 15.2 Å². The predicted octanol–water partition coefficient (Wildman–Crippen LogP) is 3.04. The zero-order chi connectivity index (χ0) is 24.6. The maximum atomic E-state index is 13.3. The SMILES string of the molecule is COCCCNC(=O)CCN1CCC[C@@H]1Cn1nc(Cc2ccc(Cl)cc2)c2cnccc2c1=O. The molecule has 1 aromatic carbocycles. The van der Waals surface area contributed by atoms with Gasteiger partial charge in [0.15, 0.2) is 0 Å². The van der Waals surface area contributed by atoms with Gasteiger partial charge in [-0.05, 0) is 49.6 Å². The first-order chi connectivity index (χ1) is 17.0. The number of nitrogens with one attached hydrogen (secondary N) is 1. The molecule has 35 heavy (non-hydrogen) atoms. The highest BCUT2D eigenvalue weighted by Gasteiger charge is 2.26. The van der Waals surface area contributed by atoms with E-state index >= 15 is 0 Å². The molecule has 1 amide bonds. The molecule has 0 bridgehead atoms. The molecular weight excluding hydrogens is 466 g/mol. The summed E-state index contributed by atoms with van der Waals surface area (Å²) in [4.78, 5) is 32.0. The highest BCUT2D eigenvalue weighted by atomic mass is 35.5. The number of carbonyl (C=O) groups is 1. The van der Waals surface area contributed by atoms with Crippen molar-refractivity contribution in [3.05, 3.63) is 69.4 Å². The molecule has 1 N–H and O–H groups in total. The van der Waals surface area contributed by atoms with Gasteiger partial charge in [0.2, 0.25) is 5.91 Å². The van der Waals surface area contributed by atoms with Gasteiger partial charge in [-0.1, -0.05) is 23.7 Å². The summed E-state index contributed by atoms with van der Waals surface area (Å²) in [5.74, 6) is 0.0468. The number of fused-ring (bicyclic) bond motifs is 1. The minimum Gasteiger partial charge on any atom is -0.385 e. The molecule has 186 valence electrons. The molecule has 4 rings (SSSR count). The van der Waals surface area contributed by atoms with E-state index in [1.54, 1.807) is 30.3 Å². The van der Waals surface area contributed by atoms with E-state index in [1.165, 1.54) is 0 Å². The first-order valence-corrected chi connectivity index (χ1v) is 12.5. The Morgan fingerprint density at radius 3 is 2.86 bits per heavy atom. The number of halogens is 1. The summed E-state index contributed by atoms with van der Waals surface area (Å²) < 4.78 is 6.61. The minimum atomic E-state index is -0.106. The zero-order valence-electron chi connectivity index (χ0n) is 20.1. The van der Waals surface area contributed by atoms with E-state index in [9.17, 15) is 9.59 Å². The fraction of sp³-hybridized carbons (Fsp3) is 0.462. The quantitative estimate of drug-likeness (QED) is 0.409. The Hall–Kier alpha value is -2.81. The summed E-state index contributed by atoms with van der Waals surface area (Å²) in [5, 5.41) is 9.81. The second-order valence-electron chi connectivity index (χ2n) is 8.94. The molecule has 0 radical (unpaired) electrons. The van der Waals surface area contributed by atoms with Crippen molar-refractivity contribution in [3.63, 3.8) is 0 Å². The first kappa shape index (κ1) is 25.3. The van der Waals surface area contributed by atoms with E-state index in [0.717, 1.165) is 42.5 Å². The molecular formula is C26H32ClN5O3. The molecule has 3 aromatic rings. The van der Waals surface area contributed by atoms with Crippen molar-refractivity contribution >= 4 is 28.3 Å². The Morgan fingerprint density at radius 2 is 2.06 bits per heavy atom. The molecule has 0 spiro atoms. The van der Waals surface area contributed by atoms with Crippen LogP contribution in [0, 0.1) is 0 Å². The Labute approximate surface area is 210 Å². The second-order valence-corrected chi connectivity index (χ2v) is 9.37. The van der Waals surface area contributed by atoms with Crippen LogP contribution in [0.1, 0.15) is 36.9 Å². The fourth-order valence-electron chi connectivity index (χ4n) is 4.62. The molecule has 1 fully saturated rings. The summed E-state index contributed by atoms with van der Waals surface area (Å²) >= 11 is 6.04. The van der Waals surface area contributed by atoms with Crippen LogP contribution in [0.3, 0.4) is 0 Å². The second kappa shape index (κ2) is 12.2. The van der Waals surface area contributed by atoms with Crippen molar-refractivity contribution in [2.75, 3.05) is 33.4 Å². The van der Waals surface area contributed by atoms with Crippen molar-refractivity contribution in [1.29, 1.82) is 0 Å². The molecule has 1 saturated heterocycles. The van der Waals surface area contributed by atoms with E-state index in [0.29, 0.717) is 49.5 Å². The van der Waals surface area contributed by atoms with Gasteiger partial charge in [-0.2, -0.15) is 5.10 Å². The predicted molar refractivity (Wildman–Crippen MR) is 137 cm³/mol. The summed E-state index contributed by atoms with van der Waals surface area (Å²) in [7, 11) is 1.66. The van der Waals surface area contributed by atoms with E-state index in [1.807, 2.05) is 24.3 Å². The Morgan fingerprint density at radius 1 is 1.23 bits per heavy atom. The number of carbonyl (C=O) groups excluding carboxylic acids is 1. The largest absolute Gasteiger partial charge is 0.385 e. The third-order valence-corrected chi connectivity index (χ3v) is 6.73. The van der Waals surface area contributed by atoms with Gasteiger partial charge in [-0.3, -0.25) is 19.5 Å². The van der Waals surface area contributed by atoms with Crippen LogP contribution in [0.15, 0.2) is 47.5 Å². The Kier molecular flexibility index (Phi) is 8.84. The van der Waals surface area contributed by atoms with Crippen molar-refractivity contribution in [1.82, 2.24) is 25.0 Å². The van der Waals surface area contributed by atoms with E-state index in [4.69, 9.17) is 21.4 Å². The highest BCUT2D eigenvalue weighted by molar-refractivity contribution is 6.30. The number of benzene rings is 1. The lowest BCUT2D eigenvalue weighted by Crippen LogP contribution is -2.39. The van der Waals surface area contributed by atoms with Crippen molar-refractivity contribution in [2.45, 2.75) is 44.7 Å². The van der Waals surface area contributed by atoms with Gasteiger partial charge >= 0.3 is 0 Å². The molecule has 0 unspecified atom stereocenters. The number of amides is 1. The van der Waals surface area contributed by atoms with Crippen LogP contribution in [0.25, 0.3) is 10.8 Å². The van der Waals surface area contributed by atoms with Crippen LogP contribution in [-0.4, -0.2) is 65.0 Å². The van der Waals surface area contributed by atoms with Crippen LogP contribution in [0.4, 0.5) is 0 Å². The maximum absolute atomic E-state index is 13.3.